The zero-order chi connectivity index (χ0) is 19.9. The summed E-state index contributed by atoms with van der Waals surface area (Å²) in [6, 6.07) is 5.23. The van der Waals surface area contributed by atoms with Gasteiger partial charge in [0, 0.05) is 27.3 Å². The minimum Gasteiger partial charge on any atom is -0.491 e. The Hall–Kier alpha value is -1.52. The van der Waals surface area contributed by atoms with Crippen molar-refractivity contribution >= 4 is 50.6 Å². The van der Waals surface area contributed by atoms with Crippen LogP contribution in [-0.2, 0) is 0 Å². The van der Waals surface area contributed by atoms with Gasteiger partial charge in [-0.25, -0.2) is 9.98 Å². The van der Waals surface area contributed by atoms with E-state index in [4.69, 9.17) is 27.7 Å². The number of benzene rings is 1. The van der Waals surface area contributed by atoms with E-state index in [1.54, 1.807) is 18.2 Å². The van der Waals surface area contributed by atoms with Crippen molar-refractivity contribution < 1.29 is 4.74 Å². The third kappa shape index (κ3) is 12.8. The van der Waals surface area contributed by atoms with Gasteiger partial charge in [0.25, 0.3) is 0 Å². The van der Waals surface area contributed by atoms with Crippen LogP contribution < -0.4 is 27.7 Å². The van der Waals surface area contributed by atoms with Crippen molar-refractivity contribution in [3.05, 3.63) is 18.2 Å². The van der Waals surface area contributed by atoms with Crippen molar-refractivity contribution in [1.29, 1.82) is 0 Å². The third-order valence-corrected chi connectivity index (χ3v) is 4.21. The number of nitrogens with two attached hydrogens (primary N) is 4. The molecule has 4 radical (unpaired) electrons. The Kier molecular flexibility index (Phi) is 15.5. The summed E-state index contributed by atoms with van der Waals surface area (Å²) < 4.78 is 5.84. The molecule has 0 aliphatic rings. The molecular weight excluding hydrogens is 547 g/mol. The van der Waals surface area contributed by atoms with Gasteiger partial charge >= 0.3 is 0 Å². The maximum atomic E-state index is 5.84. The summed E-state index contributed by atoms with van der Waals surface area (Å²) in [6.45, 7) is 2.88. The molecule has 0 amide bonds. The molecule has 156 valence electrons. The van der Waals surface area contributed by atoms with E-state index in [0.717, 1.165) is 6.42 Å². The molecule has 0 bridgehead atoms. The summed E-state index contributed by atoms with van der Waals surface area (Å²) in [5, 5.41) is 0. The van der Waals surface area contributed by atoms with Crippen LogP contribution in [0.1, 0.15) is 71.1 Å². The molecule has 1 aromatic carbocycles. The number of rotatable bonds is 14. The molecule has 0 unspecified atom stereocenters. The molecule has 1 rings (SSSR count). The first-order valence-corrected chi connectivity index (χ1v) is 9.99. The van der Waals surface area contributed by atoms with Crippen LogP contribution in [0.2, 0.25) is 0 Å². The Balaban J connectivity index is 0.00000729. The first-order valence-electron chi connectivity index (χ1n) is 9.99. The van der Waals surface area contributed by atoms with Crippen molar-refractivity contribution in [2.75, 3.05) is 6.61 Å². The Morgan fingerprint density at radius 1 is 0.786 bits per heavy atom. The molecular formula is C20H36N6OPb. The average molecular weight is 584 g/mol. The van der Waals surface area contributed by atoms with Gasteiger partial charge in [0.2, 0.25) is 0 Å². The van der Waals surface area contributed by atoms with Crippen LogP contribution in [0.15, 0.2) is 28.2 Å². The molecule has 0 aliphatic heterocycles. The molecule has 7 nitrogen and oxygen atoms in total. The molecule has 0 heterocycles. The van der Waals surface area contributed by atoms with Gasteiger partial charge in [-0.1, -0.05) is 64.7 Å². The van der Waals surface area contributed by atoms with E-state index in [1.807, 2.05) is 0 Å². The summed E-state index contributed by atoms with van der Waals surface area (Å²) in [4.78, 5) is 8.09. The second-order valence-corrected chi connectivity index (χ2v) is 6.76. The summed E-state index contributed by atoms with van der Waals surface area (Å²) in [6.07, 6.45) is 12.9. The minimum absolute atomic E-state index is 0. The van der Waals surface area contributed by atoms with Crippen molar-refractivity contribution in [3.8, 4) is 5.75 Å². The van der Waals surface area contributed by atoms with Crippen LogP contribution >= 0.6 is 0 Å². The van der Waals surface area contributed by atoms with E-state index in [1.165, 1.54) is 57.8 Å². The fourth-order valence-electron chi connectivity index (χ4n) is 2.84. The molecule has 8 heteroatoms. The van der Waals surface area contributed by atoms with Crippen LogP contribution in [0.4, 0.5) is 11.4 Å². The fraction of sp³-hybridized carbons (Fsp3) is 0.600. The van der Waals surface area contributed by atoms with Gasteiger partial charge in [-0.05, 0) is 24.6 Å². The quantitative estimate of drug-likeness (QED) is 0.115. The van der Waals surface area contributed by atoms with E-state index >= 15 is 0 Å². The zero-order valence-electron chi connectivity index (χ0n) is 17.1. The Morgan fingerprint density at radius 2 is 1.32 bits per heavy atom. The standard InChI is InChI=1S/C20H36N6O.Pb/c1-2-3-4-5-6-7-8-9-10-11-14-27-18-13-12-16(25-19(21)22)15-17(18)26-20(23)24;/h12-13,15H,2-11,14H2,1H3,(H4,21,22,25)(H4,23,24,26);. The largest absolute Gasteiger partial charge is 0.491 e. The van der Waals surface area contributed by atoms with E-state index < -0.39 is 0 Å². The van der Waals surface area contributed by atoms with Gasteiger partial charge in [0.1, 0.15) is 11.4 Å². The number of hydrogen-bond donors (Lipinski definition) is 4. The number of unbranched alkanes of at least 4 members (excludes halogenated alkanes) is 9. The zero-order valence-corrected chi connectivity index (χ0v) is 21.0. The van der Waals surface area contributed by atoms with Gasteiger partial charge in [-0.3, -0.25) is 0 Å². The Morgan fingerprint density at radius 3 is 1.86 bits per heavy atom. The van der Waals surface area contributed by atoms with Crippen molar-refractivity contribution in [3.63, 3.8) is 0 Å². The Bertz CT molecular complexity index is 598. The molecule has 1 aromatic rings. The number of hydrogen-bond acceptors (Lipinski definition) is 3. The van der Waals surface area contributed by atoms with Gasteiger partial charge in [0.15, 0.2) is 11.9 Å². The molecule has 0 spiro atoms. The monoisotopic (exact) mass is 584 g/mol. The Labute approximate surface area is 189 Å². The minimum atomic E-state index is -0.0411. The molecule has 0 aromatic heterocycles. The topological polar surface area (TPSA) is 138 Å². The molecule has 0 saturated carbocycles. The summed E-state index contributed by atoms with van der Waals surface area (Å²) in [5.41, 5.74) is 22.9. The second kappa shape index (κ2) is 16.4. The van der Waals surface area contributed by atoms with Crippen LogP contribution in [0, 0.1) is 0 Å². The normalized spacial score (nSPS) is 10.0. The van der Waals surface area contributed by atoms with Crippen molar-refractivity contribution in [2.45, 2.75) is 71.1 Å². The fourth-order valence-corrected chi connectivity index (χ4v) is 2.84. The van der Waals surface area contributed by atoms with Crippen molar-refractivity contribution in [1.82, 2.24) is 0 Å². The molecule has 0 aliphatic carbocycles. The van der Waals surface area contributed by atoms with Crippen LogP contribution in [0.3, 0.4) is 0 Å². The predicted octanol–water partition coefficient (Wildman–Crippen LogP) is 3.42. The second-order valence-electron chi connectivity index (χ2n) is 6.76. The van der Waals surface area contributed by atoms with Gasteiger partial charge in [-0.15, -0.1) is 0 Å². The first-order chi connectivity index (χ1) is 13.0. The first kappa shape index (κ1) is 26.5. The average Bonchev–Trinajstić information content (AvgIpc) is 2.60. The van der Waals surface area contributed by atoms with E-state index in [0.29, 0.717) is 23.7 Å². The number of guanidine groups is 2. The maximum Gasteiger partial charge on any atom is 0.191 e. The smallest absolute Gasteiger partial charge is 0.191 e. The van der Waals surface area contributed by atoms with Gasteiger partial charge < -0.3 is 27.7 Å². The number of aliphatic imine (C=N–C) groups is 2. The van der Waals surface area contributed by atoms with Crippen LogP contribution in [0.5, 0.6) is 5.75 Å². The summed E-state index contributed by atoms with van der Waals surface area (Å²) >= 11 is 0. The van der Waals surface area contributed by atoms with Gasteiger partial charge in [-0.2, -0.15) is 0 Å². The third-order valence-electron chi connectivity index (χ3n) is 4.21. The van der Waals surface area contributed by atoms with E-state index in [-0.39, 0.29) is 39.2 Å². The number of ether oxygens (including phenoxy) is 1. The number of nitrogens with zero attached hydrogens (tertiary/aromatic N) is 2. The van der Waals surface area contributed by atoms with Crippen molar-refractivity contribution in [2.24, 2.45) is 32.9 Å². The van der Waals surface area contributed by atoms with Gasteiger partial charge in [0.05, 0.1) is 12.3 Å². The van der Waals surface area contributed by atoms with E-state index in [2.05, 4.69) is 16.9 Å². The SMILES string of the molecule is CCCCCCCCCCCCOc1ccc(N=C(N)N)cc1N=C(N)N.[Pb]. The maximum absolute atomic E-state index is 5.84. The predicted molar refractivity (Wildman–Crippen MR) is 120 cm³/mol. The molecule has 28 heavy (non-hydrogen) atoms. The molecule has 8 N–H and O–H groups in total. The molecule has 0 saturated heterocycles. The molecule has 0 atom stereocenters. The molecule has 0 fully saturated rings. The van der Waals surface area contributed by atoms with E-state index in [9.17, 15) is 0 Å². The summed E-state index contributed by atoms with van der Waals surface area (Å²) in [7, 11) is 0. The van der Waals surface area contributed by atoms with Crippen LogP contribution in [0.25, 0.3) is 0 Å². The van der Waals surface area contributed by atoms with Crippen LogP contribution in [-0.4, -0.2) is 45.8 Å². The summed E-state index contributed by atoms with van der Waals surface area (Å²) in [5.74, 6) is 0.555.